The zero-order valence-corrected chi connectivity index (χ0v) is 9.84. The number of nitrogens with one attached hydrogen (secondary N) is 1. The van der Waals surface area contributed by atoms with Crippen molar-refractivity contribution in [2.24, 2.45) is 0 Å². The van der Waals surface area contributed by atoms with E-state index in [4.69, 9.17) is 5.73 Å². The summed E-state index contributed by atoms with van der Waals surface area (Å²) in [5, 5.41) is 3.08. The number of hydrogen-bond donors (Lipinski definition) is 2. The quantitative estimate of drug-likeness (QED) is 0.748. The van der Waals surface area contributed by atoms with Crippen molar-refractivity contribution in [3.63, 3.8) is 0 Å². The molecule has 0 aliphatic heterocycles. The molecule has 0 spiro atoms. The average molecular weight is 218 g/mol. The van der Waals surface area contributed by atoms with Crippen LogP contribution in [0.4, 0.5) is 5.69 Å². The second-order valence-electron chi connectivity index (χ2n) is 4.94. The van der Waals surface area contributed by atoms with Crippen LogP contribution in [0.2, 0.25) is 0 Å². The molecule has 1 amide bonds. The first-order chi connectivity index (χ1) is 7.50. The number of hydrogen-bond acceptors (Lipinski definition) is 2. The van der Waals surface area contributed by atoms with Gasteiger partial charge < -0.3 is 11.1 Å². The number of carbonyl (C=O) groups is 1. The van der Waals surface area contributed by atoms with Crippen LogP contribution in [-0.4, -0.2) is 11.4 Å². The van der Waals surface area contributed by atoms with Crippen molar-refractivity contribution in [3.8, 4) is 0 Å². The molecule has 0 saturated heterocycles. The zero-order valence-electron chi connectivity index (χ0n) is 9.84. The van der Waals surface area contributed by atoms with Crippen LogP contribution in [0.15, 0.2) is 18.2 Å². The lowest BCUT2D eigenvalue weighted by Crippen LogP contribution is -2.51. The minimum absolute atomic E-state index is 0.00583. The summed E-state index contributed by atoms with van der Waals surface area (Å²) in [5.74, 6) is -0.00741. The van der Waals surface area contributed by atoms with Crippen molar-refractivity contribution >= 4 is 11.6 Å². The van der Waals surface area contributed by atoms with E-state index in [-0.39, 0.29) is 11.4 Å². The highest BCUT2D eigenvalue weighted by molar-refractivity contribution is 5.97. The Balaban J connectivity index is 2.17. The fourth-order valence-electron chi connectivity index (χ4n) is 2.06. The highest BCUT2D eigenvalue weighted by Gasteiger charge is 2.33. The Bertz CT molecular complexity index is 422. The Morgan fingerprint density at radius 3 is 2.69 bits per heavy atom. The monoisotopic (exact) mass is 218 g/mol. The van der Waals surface area contributed by atoms with Gasteiger partial charge in [0.05, 0.1) is 0 Å². The summed E-state index contributed by atoms with van der Waals surface area (Å²) < 4.78 is 0. The molecule has 16 heavy (non-hydrogen) atoms. The normalized spacial score (nSPS) is 17.6. The largest absolute Gasteiger partial charge is 0.399 e. The lowest BCUT2D eigenvalue weighted by molar-refractivity contribution is 0.0850. The predicted molar refractivity (Wildman–Crippen MR) is 65.3 cm³/mol. The molecule has 3 heteroatoms. The molecule has 0 heterocycles. The molecule has 3 nitrogen and oxygen atoms in total. The summed E-state index contributed by atoms with van der Waals surface area (Å²) in [6, 6.07) is 5.44. The molecule has 1 aliphatic carbocycles. The molecule has 0 bridgehead atoms. The van der Waals surface area contributed by atoms with Crippen LogP contribution >= 0.6 is 0 Å². The lowest BCUT2D eigenvalue weighted by atomic mass is 9.78. The van der Waals surface area contributed by atoms with E-state index in [0.29, 0.717) is 11.3 Å². The summed E-state index contributed by atoms with van der Waals surface area (Å²) in [4.78, 5) is 12.1. The van der Waals surface area contributed by atoms with E-state index < -0.39 is 0 Å². The molecule has 1 aliphatic rings. The molecule has 0 aromatic heterocycles. The van der Waals surface area contributed by atoms with Crippen LogP contribution in [-0.2, 0) is 0 Å². The van der Waals surface area contributed by atoms with Crippen LogP contribution in [0, 0.1) is 6.92 Å². The standard InChI is InChI=1S/C13H18N2O/c1-9-4-5-10(14)8-11(9)12(16)15-13(2)6-3-7-13/h4-5,8H,3,6-7,14H2,1-2H3,(H,15,16). The third-order valence-corrected chi connectivity index (χ3v) is 3.38. The number of benzene rings is 1. The van der Waals surface area contributed by atoms with Gasteiger partial charge in [0, 0.05) is 16.8 Å². The van der Waals surface area contributed by atoms with E-state index in [9.17, 15) is 4.79 Å². The fraction of sp³-hybridized carbons (Fsp3) is 0.462. The molecule has 0 atom stereocenters. The van der Waals surface area contributed by atoms with Gasteiger partial charge in [0.15, 0.2) is 0 Å². The van der Waals surface area contributed by atoms with Gasteiger partial charge in [-0.1, -0.05) is 6.07 Å². The third kappa shape index (κ3) is 2.03. The molecule has 1 saturated carbocycles. The second kappa shape index (κ2) is 3.81. The molecule has 2 rings (SSSR count). The van der Waals surface area contributed by atoms with Gasteiger partial charge in [-0.15, -0.1) is 0 Å². The fourth-order valence-corrected chi connectivity index (χ4v) is 2.06. The van der Waals surface area contributed by atoms with Crippen LogP contribution in [0.3, 0.4) is 0 Å². The first kappa shape index (κ1) is 11.0. The first-order valence-corrected chi connectivity index (χ1v) is 5.69. The summed E-state index contributed by atoms with van der Waals surface area (Å²) >= 11 is 0. The van der Waals surface area contributed by atoms with Gasteiger partial charge in [0.25, 0.3) is 5.91 Å². The van der Waals surface area contributed by atoms with Crippen LogP contribution < -0.4 is 11.1 Å². The molecule has 0 unspecified atom stereocenters. The molecular formula is C13H18N2O. The lowest BCUT2D eigenvalue weighted by Gasteiger charge is -2.39. The van der Waals surface area contributed by atoms with Gasteiger partial charge in [-0.3, -0.25) is 4.79 Å². The van der Waals surface area contributed by atoms with E-state index in [1.165, 1.54) is 6.42 Å². The van der Waals surface area contributed by atoms with Gasteiger partial charge in [-0.05, 0) is 50.8 Å². The van der Waals surface area contributed by atoms with Crippen LogP contribution in [0.5, 0.6) is 0 Å². The smallest absolute Gasteiger partial charge is 0.252 e. The van der Waals surface area contributed by atoms with Crippen LogP contribution in [0.25, 0.3) is 0 Å². The van der Waals surface area contributed by atoms with Crippen molar-refractivity contribution in [1.29, 1.82) is 0 Å². The Kier molecular flexibility index (Phi) is 2.62. The number of nitrogen functional groups attached to an aromatic ring is 1. The molecule has 0 radical (unpaired) electrons. The van der Waals surface area contributed by atoms with Gasteiger partial charge >= 0.3 is 0 Å². The van der Waals surface area contributed by atoms with E-state index in [1.807, 2.05) is 19.1 Å². The van der Waals surface area contributed by atoms with Crippen molar-refractivity contribution in [2.45, 2.75) is 38.6 Å². The predicted octanol–water partition coefficient (Wildman–Crippen LogP) is 2.25. The van der Waals surface area contributed by atoms with Gasteiger partial charge in [-0.2, -0.15) is 0 Å². The van der Waals surface area contributed by atoms with E-state index >= 15 is 0 Å². The summed E-state index contributed by atoms with van der Waals surface area (Å²) in [6.07, 6.45) is 3.34. The molecule has 3 N–H and O–H groups in total. The number of rotatable bonds is 2. The summed E-state index contributed by atoms with van der Waals surface area (Å²) in [5.41, 5.74) is 7.98. The molecule has 1 aromatic carbocycles. The topological polar surface area (TPSA) is 55.1 Å². The van der Waals surface area contributed by atoms with Crippen molar-refractivity contribution in [2.75, 3.05) is 5.73 Å². The van der Waals surface area contributed by atoms with E-state index in [2.05, 4.69) is 12.2 Å². The summed E-state index contributed by atoms with van der Waals surface area (Å²) in [7, 11) is 0. The van der Waals surface area contributed by atoms with Gasteiger partial charge in [0.2, 0.25) is 0 Å². The highest BCUT2D eigenvalue weighted by Crippen LogP contribution is 2.31. The first-order valence-electron chi connectivity index (χ1n) is 5.69. The minimum Gasteiger partial charge on any atom is -0.399 e. The molecule has 86 valence electrons. The van der Waals surface area contributed by atoms with Crippen molar-refractivity contribution in [3.05, 3.63) is 29.3 Å². The minimum atomic E-state index is -0.00741. The Hall–Kier alpha value is -1.51. The second-order valence-corrected chi connectivity index (χ2v) is 4.94. The number of aryl methyl sites for hydroxylation is 1. The van der Waals surface area contributed by atoms with E-state index in [1.54, 1.807) is 6.07 Å². The maximum atomic E-state index is 12.1. The Labute approximate surface area is 96.0 Å². The SMILES string of the molecule is Cc1ccc(N)cc1C(=O)NC1(C)CCC1. The molecule has 1 aromatic rings. The number of amides is 1. The number of carbonyl (C=O) groups excluding carboxylic acids is 1. The van der Waals surface area contributed by atoms with Gasteiger partial charge in [-0.25, -0.2) is 0 Å². The maximum Gasteiger partial charge on any atom is 0.252 e. The highest BCUT2D eigenvalue weighted by atomic mass is 16.1. The van der Waals surface area contributed by atoms with Gasteiger partial charge in [0.1, 0.15) is 0 Å². The van der Waals surface area contributed by atoms with Crippen molar-refractivity contribution in [1.82, 2.24) is 5.32 Å². The number of anilines is 1. The number of nitrogens with two attached hydrogens (primary N) is 1. The van der Waals surface area contributed by atoms with Crippen molar-refractivity contribution < 1.29 is 4.79 Å². The zero-order chi connectivity index (χ0) is 11.8. The molecular weight excluding hydrogens is 200 g/mol. The van der Waals surface area contributed by atoms with Crippen LogP contribution in [0.1, 0.15) is 42.1 Å². The van der Waals surface area contributed by atoms with E-state index in [0.717, 1.165) is 18.4 Å². The summed E-state index contributed by atoms with van der Waals surface area (Å²) in [6.45, 7) is 4.02. The Morgan fingerprint density at radius 1 is 1.44 bits per heavy atom. The maximum absolute atomic E-state index is 12.1. The molecule has 1 fully saturated rings. The third-order valence-electron chi connectivity index (χ3n) is 3.38. The average Bonchev–Trinajstić information content (AvgIpc) is 2.19. The Morgan fingerprint density at radius 2 is 2.12 bits per heavy atom.